The summed E-state index contributed by atoms with van der Waals surface area (Å²) in [6.45, 7) is 0.400. The summed E-state index contributed by atoms with van der Waals surface area (Å²) < 4.78 is 32.4. The van der Waals surface area contributed by atoms with Gasteiger partial charge in [0.1, 0.15) is 30.0 Å². The summed E-state index contributed by atoms with van der Waals surface area (Å²) in [4.78, 5) is 23.7. The van der Waals surface area contributed by atoms with Gasteiger partial charge in [0.05, 0.1) is 5.56 Å². The Hall–Kier alpha value is -3.74. The normalized spacial score (nSPS) is 11.5. The molecular weight excluding hydrogens is 392 g/mol. The van der Waals surface area contributed by atoms with Crippen molar-refractivity contribution in [1.29, 1.82) is 0 Å². The van der Waals surface area contributed by atoms with Gasteiger partial charge in [0, 0.05) is 12.5 Å². The fraction of sp³-hybridized carbons (Fsp3) is 0.130. The molecule has 0 saturated heterocycles. The number of carbonyl (C=O) groups is 2. The minimum atomic E-state index is -1.28. The highest BCUT2D eigenvalue weighted by atomic mass is 19.1. The van der Waals surface area contributed by atoms with Crippen LogP contribution < -0.4 is 10.1 Å². The number of carboxylic acid groups (broad SMARTS) is 1. The molecule has 30 heavy (non-hydrogen) atoms. The van der Waals surface area contributed by atoms with Crippen molar-refractivity contribution in [2.75, 3.05) is 0 Å². The van der Waals surface area contributed by atoms with E-state index in [2.05, 4.69) is 5.32 Å². The minimum Gasteiger partial charge on any atom is -0.489 e. The summed E-state index contributed by atoms with van der Waals surface area (Å²) in [6, 6.07) is 17.6. The molecule has 0 aromatic heterocycles. The second kappa shape index (κ2) is 9.65. The summed E-state index contributed by atoms with van der Waals surface area (Å²) in [5, 5.41) is 11.7. The van der Waals surface area contributed by atoms with Crippen LogP contribution in [0.5, 0.6) is 5.75 Å². The van der Waals surface area contributed by atoms with Crippen LogP contribution >= 0.6 is 0 Å². The third kappa shape index (κ3) is 5.64. The van der Waals surface area contributed by atoms with Crippen LogP contribution in [0.1, 0.15) is 21.5 Å². The lowest BCUT2D eigenvalue weighted by atomic mass is 10.0. The van der Waals surface area contributed by atoms with Crippen LogP contribution in [0.2, 0.25) is 0 Å². The molecule has 1 amide bonds. The van der Waals surface area contributed by atoms with E-state index in [1.807, 2.05) is 30.3 Å². The number of benzene rings is 3. The molecule has 0 saturated carbocycles. The number of aliphatic carboxylic acids is 1. The predicted molar refractivity (Wildman–Crippen MR) is 106 cm³/mol. The van der Waals surface area contributed by atoms with E-state index in [1.54, 1.807) is 24.3 Å². The van der Waals surface area contributed by atoms with Crippen molar-refractivity contribution < 1.29 is 28.2 Å². The van der Waals surface area contributed by atoms with Crippen LogP contribution in [0.25, 0.3) is 0 Å². The zero-order chi connectivity index (χ0) is 21.5. The van der Waals surface area contributed by atoms with Crippen molar-refractivity contribution in [3.8, 4) is 5.75 Å². The molecule has 0 heterocycles. The number of amides is 1. The molecule has 0 radical (unpaired) electrons. The number of rotatable bonds is 8. The molecule has 0 aliphatic carbocycles. The molecule has 0 unspecified atom stereocenters. The van der Waals surface area contributed by atoms with E-state index >= 15 is 0 Å². The number of carbonyl (C=O) groups excluding carboxylic acids is 1. The molecule has 0 aliphatic heterocycles. The van der Waals surface area contributed by atoms with Crippen molar-refractivity contribution in [2.24, 2.45) is 0 Å². The zero-order valence-corrected chi connectivity index (χ0v) is 15.8. The molecule has 5 nitrogen and oxygen atoms in total. The van der Waals surface area contributed by atoms with Gasteiger partial charge in [-0.15, -0.1) is 0 Å². The van der Waals surface area contributed by atoms with Gasteiger partial charge in [-0.3, -0.25) is 4.79 Å². The first kappa shape index (κ1) is 21.0. The number of ether oxygens (including phenoxy) is 1. The Kier molecular flexibility index (Phi) is 6.75. The smallest absolute Gasteiger partial charge is 0.326 e. The fourth-order valence-corrected chi connectivity index (χ4v) is 2.81. The lowest BCUT2D eigenvalue weighted by molar-refractivity contribution is -0.139. The molecule has 0 fully saturated rings. The Morgan fingerprint density at radius 3 is 2.27 bits per heavy atom. The lowest BCUT2D eigenvalue weighted by Gasteiger charge is -2.15. The van der Waals surface area contributed by atoms with Crippen LogP contribution in [-0.4, -0.2) is 23.0 Å². The first-order valence-corrected chi connectivity index (χ1v) is 9.17. The van der Waals surface area contributed by atoms with Gasteiger partial charge < -0.3 is 15.2 Å². The van der Waals surface area contributed by atoms with E-state index < -0.39 is 35.1 Å². The van der Waals surface area contributed by atoms with Gasteiger partial charge in [-0.25, -0.2) is 13.6 Å². The highest BCUT2D eigenvalue weighted by Gasteiger charge is 2.23. The third-order valence-corrected chi connectivity index (χ3v) is 4.39. The van der Waals surface area contributed by atoms with Crippen LogP contribution in [0.15, 0.2) is 72.8 Å². The van der Waals surface area contributed by atoms with Gasteiger partial charge in [-0.1, -0.05) is 42.5 Å². The highest BCUT2D eigenvalue weighted by Crippen LogP contribution is 2.16. The van der Waals surface area contributed by atoms with Crippen molar-refractivity contribution >= 4 is 11.9 Å². The molecule has 1 atom stereocenters. The Labute approximate surface area is 171 Å². The molecular formula is C23H19F2NO4. The number of halogens is 2. The maximum atomic E-state index is 13.8. The Morgan fingerprint density at radius 1 is 0.933 bits per heavy atom. The Morgan fingerprint density at radius 2 is 1.63 bits per heavy atom. The van der Waals surface area contributed by atoms with Crippen molar-refractivity contribution in [3.63, 3.8) is 0 Å². The van der Waals surface area contributed by atoms with E-state index in [4.69, 9.17) is 4.74 Å². The third-order valence-electron chi connectivity index (χ3n) is 4.39. The maximum absolute atomic E-state index is 13.8. The van der Waals surface area contributed by atoms with Crippen LogP contribution in [0.3, 0.4) is 0 Å². The van der Waals surface area contributed by atoms with Gasteiger partial charge in [0.15, 0.2) is 0 Å². The molecule has 3 rings (SSSR count). The van der Waals surface area contributed by atoms with Gasteiger partial charge in [-0.2, -0.15) is 0 Å². The molecule has 7 heteroatoms. The van der Waals surface area contributed by atoms with Crippen LogP contribution in [0, 0.1) is 11.6 Å². The average Bonchev–Trinajstić information content (AvgIpc) is 2.73. The lowest BCUT2D eigenvalue weighted by Crippen LogP contribution is -2.42. The van der Waals surface area contributed by atoms with Gasteiger partial charge in [-0.05, 0) is 35.4 Å². The van der Waals surface area contributed by atoms with Gasteiger partial charge in [0.2, 0.25) is 0 Å². The molecule has 3 aromatic rings. The van der Waals surface area contributed by atoms with Gasteiger partial charge in [0.25, 0.3) is 5.91 Å². The van der Waals surface area contributed by atoms with E-state index in [-0.39, 0.29) is 6.42 Å². The first-order chi connectivity index (χ1) is 14.4. The fourth-order valence-electron chi connectivity index (χ4n) is 2.81. The summed E-state index contributed by atoms with van der Waals surface area (Å²) in [7, 11) is 0. The van der Waals surface area contributed by atoms with Crippen LogP contribution in [-0.2, 0) is 17.8 Å². The monoisotopic (exact) mass is 411 g/mol. The van der Waals surface area contributed by atoms with E-state index in [1.165, 1.54) is 0 Å². The van der Waals surface area contributed by atoms with Crippen molar-refractivity contribution in [1.82, 2.24) is 5.32 Å². The van der Waals surface area contributed by atoms with Gasteiger partial charge >= 0.3 is 5.97 Å². The second-order valence-electron chi connectivity index (χ2n) is 6.61. The van der Waals surface area contributed by atoms with Crippen LogP contribution in [0.4, 0.5) is 8.78 Å². The van der Waals surface area contributed by atoms with E-state index in [9.17, 15) is 23.5 Å². The second-order valence-corrected chi connectivity index (χ2v) is 6.61. The molecule has 0 aliphatic rings. The standard InChI is InChI=1S/C23H19F2NO4/c24-17-8-11-19(20(25)13-17)22(27)26-21(23(28)29)12-15-6-9-18(10-7-15)30-14-16-4-2-1-3-5-16/h1-11,13,21H,12,14H2,(H,26,27)(H,28,29)/t21-/m1/s1. The molecule has 0 spiro atoms. The molecule has 3 aromatic carbocycles. The first-order valence-electron chi connectivity index (χ1n) is 9.17. The topological polar surface area (TPSA) is 75.6 Å². The number of hydrogen-bond acceptors (Lipinski definition) is 3. The number of hydrogen-bond donors (Lipinski definition) is 2. The highest BCUT2D eigenvalue weighted by molar-refractivity contribution is 5.96. The summed E-state index contributed by atoms with van der Waals surface area (Å²) in [6.07, 6.45) is -0.0111. The predicted octanol–water partition coefficient (Wildman–Crippen LogP) is 3.97. The molecule has 2 N–H and O–H groups in total. The quantitative estimate of drug-likeness (QED) is 0.588. The average molecular weight is 411 g/mol. The zero-order valence-electron chi connectivity index (χ0n) is 15.8. The van der Waals surface area contributed by atoms with Crippen molar-refractivity contribution in [2.45, 2.75) is 19.1 Å². The molecule has 0 bridgehead atoms. The summed E-state index contributed by atoms with van der Waals surface area (Å²) in [5.41, 5.74) is 1.24. The summed E-state index contributed by atoms with van der Waals surface area (Å²) in [5.74, 6) is -3.46. The summed E-state index contributed by atoms with van der Waals surface area (Å²) >= 11 is 0. The minimum absolute atomic E-state index is 0.0111. The SMILES string of the molecule is O=C(N[C@H](Cc1ccc(OCc2ccccc2)cc1)C(=O)O)c1ccc(F)cc1F. The largest absolute Gasteiger partial charge is 0.489 e. The number of carboxylic acids is 1. The number of nitrogens with one attached hydrogen (secondary N) is 1. The maximum Gasteiger partial charge on any atom is 0.326 e. The van der Waals surface area contributed by atoms with Crippen molar-refractivity contribution in [3.05, 3.63) is 101 Å². The van der Waals surface area contributed by atoms with E-state index in [0.717, 1.165) is 17.7 Å². The Balaban J connectivity index is 1.62. The van der Waals surface area contributed by atoms with E-state index in [0.29, 0.717) is 24.0 Å². The Bertz CT molecular complexity index is 1020. The molecule has 154 valence electrons.